The van der Waals surface area contributed by atoms with Crippen LogP contribution in [0.3, 0.4) is 0 Å². The van der Waals surface area contributed by atoms with Crippen molar-refractivity contribution in [1.82, 2.24) is 0 Å². The summed E-state index contributed by atoms with van der Waals surface area (Å²) in [6.45, 7) is 11.1. The Balaban J connectivity index is 5.94. The van der Waals surface area contributed by atoms with Crippen LogP contribution < -0.4 is 0 Å². The highest BCUT2D eigenvalue weighted by Crippen LogP contribution is 2.28. The topological polar surface area (TPSA) is 26.3 Å². The van der Waals surface area contributed by atoms with Gasteiger partial charge in [-0.2, -0.15) is 0 Å². The first-order valence-corrected chi connectivity index (χ1v) is 6.56. The summed E-state index contributed by atoms with van der Waals surface area (Å²) in [6.07, 6.45) is 10.6. The van der Waals surface area contributed by atoms with Gasteiger partial charge in [-0.15, -0.1) is 0 Å². The zero-order valence-electron chi connectivity index (χ0n) is 11.6. The lowest BCUT2D eigenvalue weighted by atomic mass is 9.99. The van der Waals surface area contributed by atoms with Crippen LogP contribution in [-0.4, -0.2) is 13.1 Å². The molecule has 0 saturated carbocycles. The Kier molecular flexibility index (Phi) is 8.55. The van der Waals surface area contributed by atoms with E-state index in [1.807, 2.05) is 38.2 Å². The highest BCUT2D eigenvalue weighted by molar-refractivity contribution is 9.12. The number of esters is 1. The molecular weight excluding hydrogens is 304 g/mol. The second kappa shape index (κ2) is 9.34. The van der Waals surface area contributed by atoms with Gasteiger partial charge in [0.2, 0.25) is 0 Å². The third-order valence-electron chi connectivity index (χ3n) is 2.36. The first-order valence-electron chi connectivity index (χ1n) is 5.77. The minimum Gasteiger partial charge on any atom is -0.465 e. The predicted octanol–water partition coefficient (Wildman–Crippen LogP) is 4.63. The number of hydrogen-bond donors (Lipinski definition) is 0. The first-order chi connectivity index (χ1) is 9.03. The molecule has 0 radical (unpaired) electrons. The molecule has 0 atom stereocenters. The van der Waals surface area contributed by atoms with Crippen LogP contribution in [0.2, 0.25) is 0 Å². The van der Waals surface area contributed by atoms with Crippen LogP contribution in [0.4, 0.5) is 0 Å². The summed E-state index contributed by atoms with van der Waals surface area (Å²) < 4.78 is 5.59. The summed E-state index contributed by atoms with van der Waals surface area (Å²) >= 11 is 3.45. The summed E-state index contributed by atoms with van der Waals surface area (Å²) in [7, 11) is 1.35. The van der Waals surface area contributed by atoms with E-state index in [0.717, 1.165) is 15.6 Å². The summed E-state index contributed by atoms with van der Waals surface area (Å²) in [5, 5.41) is 0. The SMILES string of the molecule is C=C\C=C/C=C(C)/C(C(/Br)=C\C)=C(/C=C)C(=O)OC. The quantitative estimate of drug-likeness (QED) is 0.405. The minimum absolute atomic E-state index is 0.413. The number of hydrogen-bond acceptors (Lipinski definition) is 2. The van der Waals surface area contributed by atoms with Gasteiger partial charge >= 0.3 is 5.97 Å². The highest BCUT2D eigenvalue weighted by Gasteiger charge is 2.16. The van der Waals surface area contributed by atoms with Crippen molar-refractivity contribution >= 4 is 21.9 Å². The molecule has 102 valence electrons. The molecule has 0 fully saturated rings. The lowest BCUT2D eigenvalue weighted by Gasteiger charge is -2.11. The molecule has 0 amide bonds. The molecule has 0 rings (SSSR count). The van der Waals surface area contributed by atoms with Crippen molar-refractivity contribution in [3.8, 4) is 0 Å². The van der Waals surface area contributed by atoms with Crippen LogP contribution in [-0.2, 0) is 9.53 Å². The van der Waals surface area contributed by atoms with Crippen LogP contribution in [0.25, 0.3) is 0 Å². The van der Waals surface area contributed by atoms with Gasteiger partial charge in [-0.25, -0.2) is 4.79 Å². The monoisotopic (exact) mass is 322 g/mol. The Hall–Kier alpha value is -1.61. The van der Waals surface area contributed by atoms with Crippen LogP contribution in [0.1, 0.15) is 13.8 Å². The van der Waals surface area contributed by atoms with E-state index in [-0.39, 0.29) is 0 Å². The Labute approximate surface area is 123 Å². The number of rotatable bonds is 6. The standard InChI is InChI=1S/C16H19BrO2/c1-6-9-10-11-12(4)15(14(17)8-3)13(7-2)16(18)19-5/h6-11H,1-2H2,3-5H3/b10-9-,12-11+,14-8+,15-13+. The van der Waals surface area contributed by atoms with Crippen molar-refractivity contribution in [2.45, 2.75) is 13.8 Å². The van der Waals surface area contributed by atoms with Gasteiger partial charge in [-0.3, -0.25) is 0 Å². The van der Waals surface area contributed by atoms with E-state index in [9.17, 15) is 4.79 Å². The maximum Gasteiger partial charge on any atom is 0.338 e. The third-order valence-corrected chi connectivity index (χ3v) is 3.21. The van der Waals surface area contributed by atoms with Crippen molar-refractivity contribution in [2.75, 3.05) is 7.11 Å². The number of allylic oxidation sites excluding steroid dienone is 8. The fraction of sp³-hybridized carbons (Fsp3) is 0.188. The average Bonchev–Trinajstić information content (AvgIpc) is 2.43. The van der Waals surface area contributed by atoms with E-state index >= 15 is 0 Å². The van der Waals surface area contributed by atoms with E-state index in [0.29, 0.717) is 5.57 Å². The molecule has 0 unspecified atom stereocenters. The summed E-state index contributed by atoms with van der Waals surface area (Å²) in [5.74, 6) is -0.413. The Morgan fingerprint density at radius 3 is 2.32 bits per heavy atom. The molecule has 0 aromatic heterocycles. The lowest BCUT2D eigenvalue weighted by molar-refractivity contribution is -0.135. The zero-order valence-corrected chi connectivity index (χ0v) is 13.2. The predicted molar refractivity (Wildman–Crippen MR) is 85.0 cm³/mol. The van der Waals surface area contributed by atoms with Gasteiger partial charge in [0.25, 0.3) is 0 Å². The molecule has 0 aliphatic carbocycles. The number of ether oxygens (including phenoxy) is 1. The van der Waals surface area contributed by atoms with Gasteiger partial charge in [0.05, 0.1) is 12.7 Å². The molecule has 3 heteroatoms. The molecule has 0 aromatic rings. The molecule has 0 heterocycles. The molecule has 0 bridgehead atoms. The van der Waals surface area contributed by atoms with Crippen molar-refractivity contribution in [3.63, 3.8) is 0 Å². The Morgan fingerprint density at radius 1 is 1.26 bits per heavy atom. The summed E-state index contributed by atoms with van der Waals surface area (Å²) in [4.78, 5) is 11.8. The van der Waals surface area contributed by atoms with Crippen molar-refractivity contribution in [3.05, 3.63) is 70.8 Å². The van der Waals surface area contributed by atoms with Gasteiger partial charge in [0.15, 0.2) is 0 Å². The molecule has 0 saturated heterocycles. The number of methoxy groups -OCH3 is 1. The zero-order chi connectivity index (χ0) is 14.8. The molecule has 0 N–H and O–H groups in total. The van der Waals surface area contributed by atoms with Crippen LogP contribution in [0.15, 0.2) is 70.8 Å². The molecule has 0 aliphatic heterocycles. The van der Waals surface area contributed by atoms with Crippen LogP contribution >= 0.6 is 15.9 Å². The van der Waals surface area contributed by atoms with Gasteiger partial charge in [0.1, 0.15) is 0 Å². The second-order valence-corrected chi connectivity index (χ2v) is 4.45. The van der Waals surface area contributed by atoms with Gasteiger partial charge in [-0.1, -0.05) is 65.5 Å². The second-order valence-electron chi connectivity index (χ2n) is 3.59. The molecule has 0 aliphatic rings. The van der Waals surface area contributed by atoms with Crippen LogP contribution in [0, 0.1) is 0 Å². The number of carbonyl (C=O) groups excluding carboxylic acids is 1. The van der Waals surface area contributed by atoms with Crippen molar-refractivity contribution < 1.29 is 9.53 Å². The van der Waals surface area contributed by atoms with Gasteiger partial charge in [0, 0.05) is 10.1 Å². The molecule has 19 heavy (non-hydrogen) atoms. The first kappa shape index (κ1) is 17.4. The average molecular weight is 323 g/mol. The highest BCUT2D eigenvalue weighted by atomic mass is 79.9. The fourth-order valence-electron chi connectivity index (χ4n) is 1.43. The maximum absolute atomic E-state index is 11.8. The minimum atomic E-state index is -0.413. The van der Waals surface area contributed by atoms with E-state index in [1.165, 1.54) is 13.2 Å². The Bertz CT molecular complexity index is 477. The van der Waals surface area contributed by atoms with Crippen molar-refractivity contribution in [1.29, 1.82) is 0 Å². The maximum atomic E-state index is 11.8. The fourth-order valence-corrected chi connectivity index (χ4v) is 1.96. The molecule has 0 aromatic carbocycles. The summed E-state index contributed by atoms with van der Waals surface area (Å²) in [5.41, 5.74) is 2.11. The van der Waals surface area contributed by atoms with Crippen LogP contribution in [0.5, 0.6) is 0 Å². The van der Waals surface area contributed by atoms with Gasteiger partial charge in [-0.05, 0) is 19.4 Å². The Morgan fingerprint density at radius 2 is 1.89 bits per heavy atom. The number of carbonyl (C=O) groups is 1. The molecule has 2 nitrogen and oxygen atoms in total. The lowest BCUT2D eigenvalue weighted by Crippen LogP contribution is -2.07. The number of halogens is 1. The normalized spacial score (nSPS) is 14.1. The van der Waals surface area contributed by atoms with E-state index in [4.69, 9.17) is 4.74 Å². The largest absolute Gasteiger partial charge is 0.465 e. The molecular formula is C16H19BrO2. The van der Waals surface area contributed by atoms with E-state index in [2.05, 4.69) is 29.1 Å². The van der Waals surface area contributed by atoms with Gasteiger partial charge < -0.3 is 4.74 Å². The van der Waals surface area contributed by atoms with E-state index in [1.54, 1.807) is 6.08 Å². The third kappa shape index (κ3) is 5.26. The summed E-state index contributed by atoms with van der Waals surface area (Å²) in [6, 6.07) is 0. The molecule has 0 spiro atoms. The van der Waals surface area contributed by atoms with E-state index < -0.39 is 5.97 Å². The van der Waals surface area contributed by atoms with Crippen molar-refractivity contribution in [2.24, 2.45) is 0 Å². The smallest absolute Gasteiger partial charge is 0.338 e.